The lowest BCUT2D eigenvalue weighted by Gasteiger charge is -2.19. The summed E-state index contributed by atoms with van der Waals surface area (Å²) in [7, 11) is 0. The van der Waals surface area contributed by atoms with Crippen LogP contribution >= 0.6 is 23.2 Å². The minimum atomic E-state index is -0.561. The standard InChI is InChI=1S/C19H16Cl2O2/c1-19(9-5-8-12-6-3-2-4-7-12)11-13-10-14(22)16(20)17(21)15(13)18(19)23/h2-8,10,22H,9,11H2,1H3/b8-5+. The highest BCUT2D eigenvalue weighted by atomic mass is 35.5. The molecule has 0 amide bonds. The predicted molar refractivity (Wildman–Crippen MR) is 94.4 cm³/mol. The van der Waals surface area contributed by atoms with E-state index < -0.39 is 5.41 Å². The number of hydrogen-bond acceptors (Lipinski definition) is 2. The largest absolute Gasteiger partial charge is 0.506 e. The first-order valence-corrected chi connectivity index (χ1v) is 8.14. The second-order valence-corrected chi connectivity index (χ2v) is 6.90. The zero-order chi connectivity index (χ0) is 16.6. The van der Waals surface area contributed by atoms with Gasteiger partial charge in [0.1, 0.15) is 10.8 Å². The molecule has 4 heteroatoms. The van der Waals surface area contributed by atoms with Gasteiger partial charge >= 0.3 is 0 Å². The molecule has 0 fully saturated rings. The summed E-state index contributed by atoms with van der Waals surface area (Å²) in [5.41, 5.74) is 1.74. The average molecular weight is 347 g/mol. The Morgan fingerprint density at radius 2 is 1.91 bits per heavy atom. The first kappa shape index (κ1) is 16.1. The van der Waals surface area contributed by atoms with Crippen molar-refractivity contribution >= 4 is 35.1 Å². The lowest BCUT2D eigenvalue weighted by atomic mass is 9.82. The molecule has 0 spiro atoms. The van der Waals surface area contributed by atoms with Crippen molar-refractivity contribution in [3.05, 3.63) is 69.2 Å². The van der Waals surface area contributed by atoms with Crippen LogP contribution in [0.2, 0.25) is 10.0 Å². The van der Waals surface area contributed by atoms with Crippen molar-refractivity contribution in [2.75, 3.05) is 0 Å². The van der Waals surface area contributed by atoms with Crippen LogP contribution in [-0.4, -0.2) is 10.9 Å². The van der Waals surface area contributed by atoms with Gasteiger partial charge in [-0.25, -0.2) is 0 Å². The highest BCUT2D eigenvalue weighted by Crippen LogP contribution is 2.47. The molecule has 1 N–H and O–H groups in total. The van der Waals surface area contributed by atoms with E-state index in [9.17, 15) is 9.90 Å². The molecule has 0 bridgehead atoms. The van der Waals surface area contributed by atoms with Crippen molar-refractivity contribution in [2.24, 2.45) is 5.41 Å². The Morgan fingerprint density at radius 1 is 1.22 bits per heavy atom. The molecule has 1 atom stereocenters. The van der Waals surface area contributed by atoms with Crippen LogP contribution < -0.4 is 0 Å². The van der Waals surface area contributed by atoms with Gasteiger partial charge in [0.15, 0.2) is 5.78 Å². The number of phenols is 1. The van der Waals surface area contributed by atoms with Gasteiger partial charge in [0.2, 0.25) is 0 Å². The normalized spacial score (nSPS) is 20.2. The van der Waals surface area contributed by atoms with E-state index in [1.807, 2.05) is 49.4 Å². The van der Waals surface area contributed by atoms with E-state index in [1.165, 1.54) is 0 Å². The number of allylic oxidation sites excluding steroid dienone is 1. The third kappa shape index (κ3) is 2.89. The van der Waals surface area contributed by atoms with Gasteiger partial charge in [-0.1, -0.05) is 72.6 Å². The molecule has 2 aromatic rings. The van der Waals surface area contributed by atoms with Gasteiger partial charge < -0.3 is 5.11 Å². The quantitative estimate of drug-likeness (QED) is 0.791. The van der Waals surface area contributed by atoms with Crippen LogP contribution in [0, 0.1) is 5.41 Å². The minimum Gasteiger partial charge on any atom is -0.506 e. The molecule has 0 saturated heterocycles. The van der Waals surface area contributed by atoms with Crippen LogP contribution in [0.25, 0.3) is 6.08 Å². The van der Waals surface area contributed by atoms with Gasteiger partial charge in [-0.05, 0) is 30.0 Å². The lowest BCUT2D eigenvalue weighted by Crippen LogP contribution is -2.23. The van der Waals surface area contributed by atoms with E-state index in [-0.39, 0.29) is 21.6 Å². The van der Waals surface area contributed by atoms with E-state index >= 15 is 0 Å². The maximum Gasteiger partial charge on any atom is 0.171 e. The van der Waals surface area contributed by atoms with Gasteiger partial charge in [0.25, 0.3) is 0 Å². The number of carbonyl (C=O) groups is 1. The van der Waals surface area contributed by atoms with Crippen molar-refractivity contribution in [3.8, 4) is 5.75 Å². The molecule has 1 unspecified atom stereocenters. The second kappa shape index (κ2) is 6.03. The van der Waals surface area contributed by atoms with Crippen molar-refractivity contribution in [3.63, 3.8) is 0 Å². The number of carbonyl (C=O) groups excluding carboxylic acids is 1. The molecule has 0 heterocycles. The summed E-state index contributed by atoms with van der Waals surface area (Å²) in [4.78, 5) is 12.8. The summed E-state index contributed by atoms with van der Waals surface area (Å²) in [6.45, 7) is 1.92. The molecule has 3 rings (SSSR count). The number of Topliss-reactive ketones (excluding diaryl/α,β-unsaturated/α-hetero) is 1. The van der Waals surface area contributed by atoms with Crippen LogP contribution in [0.3, 0.4) is 0 Å². The summed E-state index contributed by atoms with van der Waals surface area (Å²) >= 11 is 12.1. The fraction of sp³-hybridized carbons (Fsp3) is 0.211. The molecular formula is C19H16Cl2O2. The van der Waals surface area contributed by atoms with Crippen molar-refractivity contribution < 1.29 is 9.90 Å². The average Bonchev–Trinajstić information content (AvgIpc) is 2.77. The Morgan fingerprint density at radius 3 is 2.61 bits per heavy atom. The number of hydrogen-bond donors (Lipinski definition) is 1. The van der Waals surface area contributed by atoms with Crippen LogP contribution in [0.1, 0.15) is 34.8 Å². The first-order chi connectivity index (χ1) is 10.9. The number of benzene rings is 2. The van der Waals surface area contributed by atoms with Crippen LogP contribution in [0.15, 0.2) is 42.5 Å². The Balaban J connectivity index is 1.86. The van der Waals surface area contributed by atoms with E-state index in [4.69, 9.17) is 23.2 Å². The van der Waals surface area contributed by atoms with Gasteiger partial charge in [-0.3, -0.25) is 4.79 Å². The fourth-order valence-electron chi connectivity index (χ4n) is 3.04. The Kier molecular flexibility index (Phi) is 4.22. The number of fused-ring (bicyclic) bond motifs is 1. The third-order valence-electron chi connectivity index (χ3n) is 4.30. The second-order valence-electron chi connectivity index (χ2n) is 6.14. The van der Waals surface area contributed by atoms with Crippen LogP contribution in [0.4, 0.5) is 0 Å². The molecular weight excluding hydrogens is 331 g/mol. The van der Waals surface area contributed by atoms with Crippen molar-refractivity contribution in [2.45, 2.75) is 19.8 Å². The molecule has 0 aromatic heterocycles. The number of halogens is 2. The van der Waals surface area contributed by atoms with E-state index in [1.54, 1.807) is 6.07 Å². The molecule has 23 heavy (non-hydrogen) atoms. The van der Waals surface area contributed by atoms with Crippen LogP contribution in [0.5, 0.6) is 5.75 Å². The third-order valence-corrected chi connectivity index (χ3v) is 5.16. The number of phenolic OH excluding ortho intramolecular Hbond substituents is 1. The van der Waals surface area contributed by atoms with Crippen molar-refractivity contribution in [1.82, 2.24) is 0 Å². The van der Waals surface area contributed by atoms with Gasteiger partial charge in [-0.2, -0.15) is 0 Å². The SMILES string of the molecule is CC1(C/C=C/c2ccccc2)Cc2cc(O)c(Cl)c(Cl)c2C1=O. The first-order valence-electron chi connectivity index (χ1n) is 7.38. The fourth-order valence-corrected chi connectivity index (χ4v) is 3.49. The molecule has 2 nitrogen and oxygen atoms in total. The Bertz CT molecular complexity index is 797. The highest BCUT2D eigenvalue weighted by Gasteiger charge is 2.42. The molecule has 2 aromatic carbocycles. The van der Waals surface area contributed by atoms with Gasteiger partial charge in [-0.15, -0.1) is 0 Å². The van der Waals surface area contributed by atoms with E-state index in [0.717, 1.165) is 11.1 Å². The molecule has 118 valence electrons. The van der Waals surface area contributed by atoms with E-state index in [2.05, 4.69) is 0 Å². The molecule has 0 aliphatic heterocycles. The smallest absolute Gasteiger partial charge is 0.171 e. The Labute approximate surface area is 145 Å². The zero-order valence-corrected chi connectivity index (χ0v) is 14.2. The predicted octanol–water partition coefficient (Wildman–Crippen LogP) is 5.55. The number of aromatic hydroxyl groups is 1. The molecule has 0 saturated carbocycles. The summed E-state index contributed by atoms with van der Waals surface area (Å²) in [5.74, 6) is -0.0931. The summed E-state index contributed by atoms with van der Waals surface area (Å²) in [6, 6.07) is 11.5. The summed E-state index contributed by atoms with van der Waals surface area (Å²) in [6.07, 6.45) is 5.16. The number of ketones is 1. The van der Waals surface area contributed by atoms with Gasteiger partial charge in [0, 0.05) is 11.0 Å². The lowest BCUT2D eigenvalue weighted by molar-refractivity contribution is 0.0845. The zero-order valence-electron chi connectivity index (χ0n) is 12.6. The monoisotopic (exact) mass is 346 g/mol. The Hall–Kier alpha value is -1.77. The molecule has 1 aliphatic carbocycles. The topological polar surface area (TPSA) is 37.3 Å². The minimum absolute atomic E-state index is 0.0166. The molecule has 1 aliphatic rings. The maximum atomic E-state index is 12.8. The summed E-state index contributed by atoms with van der Waals surface area (Å²) in [5, 5.41) is 10.0. The number of rotatable bonds is 3. The maximum absolute atomic E-state index is 12.8. The highest BCUT2D eigenvalue weighted by molar-refractivity contribution is 6.45. The molecule has 0 radical (unpaired) electrons. The summed E-state index contributed by atoms with van der Waals surface area (Å²) < 4.78 is 0. The van der Waals surface area contributed by atoms with E-state index in [0.29, 0.717) is 18.4 Å². The van der Waals surface area contributed by atoms with Crippen molar-refractivity contribution in [1.29, 1.82) is 0 Å². The van der Waals surface area contributed by atoms with Crippen LogP contribution in [-0.2, 0) is 6.42 Å². The van der Waals surface area contributed by atoms with Gasteiger partial charge in [0.05, 0.1) is 5.02 Å².